The molecule has 0 radical (unpaired) electrons. The molecule has 1 amide bonds. The lowest BCUT2D eigenvalue weighted by Gasteiger charge is -2.17. The van der Waals surface area contributed by atoms with Crippen LogP contribution in [0.3, 0.4) is 0 Å². The van der Waals surface area contributed by atoms with Gasteiger partial charge in [-0.15, -0.1) is 0 Å². The smallest absolute Gasteiger partial charge is 0.408 e. The zero-order chi connectivity index (χ0) is 14.3. The van der Waals surface area contributed by atoms with E-state index in [1.54, 1.807) is 0 Å². The number of hydrogen-bond acceptors (Lipinski definition) is 4. The predicted octanol–water partition coefficient (Wildman–Crippen LogP) is 2.22. The molecule has 1 aromatic carbocycles. The standard InChI is InChI=1S/C14H18N2O3/c1-10(15)8-13(11(2)17)16-14(18)19-9-12-6-4-3-5-7-12/h3-7,13,17H,1-2,8-9,15H2,(H,16,18). The maximum Gasteiger partial charge on any atom is 0.408 e. The number of nitrogens with one attached hydrogen (secondary N) is 1. The van der Waals surface area contributed by atoms with Crippen LogP contribution in [0.2, 0.25) is 0 Å². The lowest BCUT2D eigenvalue weighted by molar-refractivity contribution is 0.134. The molecule has 102 valence electrons. The Kier molecular flexibility index (Phi) is 5.47. The topological polar surface area (TPSA) is 84.6 Å². The molecule has 1 rings (SSSR count). The Morgan fingerprint density at radius 2 is 2.00 bits per heavy atom. The molecule has 0 spiro atoms. The van der Waals surface area contributed by atoms with Crippen LogP contribution in [0.5, 0.6) is 0 Å². The van der Waals surface area contributed by atoms with Crippen LogP contribution in [-0.4, -0.2) is 17.2 Å². The number of alkyl carbamates (subject to hydrolysis) is 1. The summed E-state index contributed by atoms with van der Waals surface area (Å²) in [5.41, 5.74) is 6.64. The Hall–Kier alpha value is -2.43. The molecule has 4 N–H and O–H groups in total. The Bertz CT molecular complexity index is 457. The lowest BCUT2D eigenvalue weighted by atomic mass is 10.1. The average molecular weight is 262 g/mol. The molecule has 0 aliphatic rings. The molecular weight excluding hydrogens is 244 g/mol. The molecule has 0 bridgehead atoms. The number of nitrogens with two attached hydrogens (primary N) is 1. The van der Waals surface area contributed by atoms with Crippen molar-refractivity contribution in [3.05, 3.63) is 60.5 Å². The van der Waals surface area contributed by atoms with Gasteiger partial charge < -0.3 is 20.9 Å². The molecule has 0 aliphatic carbocycles. The van der Waals surface area contributed by atoms with E-state index in [-0.39, 0.29) is 18.8 Å². The second-order valence-corrected chi connectivity index (χ2v) is 4.11. The van der Waals surface area contributed by atoms with Gasteiger partial charge in [0.15, 0.2) is 0 Å². The van der Waals surface area contributed by atoms with E-state index in [0.717, 1.165) is 5.56 Å². The number of carbonyl (C=O) groups excluding carboxylic acids is 1. The molecule has 0 aromatic heterocycles. The maximum atomic E-state index is 11.6. The van der Waals surface area contributed by atoms with Gasteiger partial charge in [-0.1, -0.05) is 43.5 Å². The second-order valence-electron chi connectivity index (χ2n) is 4.11. The van der Waals surface area contributed by atoms with Crippen molar-refractivity contribution in [2.75, 3.05) is 0 Å². The highest BCUT2D eigenvalue weighted by molar-refractivity contribution is 5.68. The number of carbonyl (C=O) groups is 1. The second kappa shape index (κ2) is 7.10. The van der Waals surface area contributed by atoms with E-state index >= 15 is 0 Å². The summed E-state index contributed by atoms with van der Waals surface area (Å²) in [5, 5.41) is 11.8. The highest BCUT2D eigenvalue weighted by Gasteiger charge is 2.16. The zero-order valence-electron chi connectivity index (χ0n) is 10.6. The number of aliphatic hydroxyl groups excluding tert-OH is 1. The van der Waals surface area contributed by atoms with E-state index in [1.807, 2.05) is 30.3 Å². The summed E-state index contributed by atoms with van der Waals surface area (Å²) in [5.74, 6) is -0.191. The Morgan fingerprint density at radius 3 is 2.53 bits per heavy atom. The first kappa shape index (κ1) is 14.6. The van der Waals surface area contributed by atoms with Crippen molar-refractivity contribution in [2.24, 2.45) is 5.73 Å². The number of amides is 1. The van der Waals surface area contributed by atoms with Gasteiger partial charge in [0.2, 0.25) is 0 Å². The summed E-state index contributed by atoms with van der Waals surface area (Å²) in [6.07, 6.45) is -0.444. The molecule has 1 atom stereocenters. The van der Waals surface area contributed by atoms with Gasteiger partial charge in [0.25, 0.3) is 0 Å². The Morgan fingerprint density at radius 1 is 1.37 bits per heavy atom. The highest BCUT2D eigenvalue weighted by Crippen LogP contribution is 2.06. The quantitative estimate of drug-likeness (QED) is 0.686. The van der Waals surface area contributed by atoms with Gasteiger partial charge in [0.05, 0.1) is 6.04 Å². The number of hydrogen-bond donors (Lipinski definition) is 3. The molecule has 0 aliphatic heterocycles. The van der Waals surface area contributed by atoms with Gasteiger partial charge in [-0.25, -0.2) is 4.79 Å². The minimum Gasteiger partial charge on any atom is -0.511 e. The normalized spacial score (nSPS) is 11.4. The predicted molar refractivity (Wildman–Crippen MR) is 73.3 cm³/mol. The Balaban J connectivity index is 2.45. The van der Waals surface area contributed by atoms with E-state index in [4.69, 9.17) is 10.5 Å². The summed E-state index contributed by atoms with van der Waals surface area (Å²) >= 11 is 0. The molecular formula is C14H18N2O3. The van der Waals surface area contributed by atoms with Crippen molar-refractivity contribution in [1.82, 2.24) is 5.32 Å². The third-order valence-electron chi connectivity index (χ3n) is 2.37. The van der Waals surface area contributed by atoms with Crippen LogP contribution in [0.1, 0.15) is 12.0 Å². The van der Waals surface area contributed by atoms with Gasteiger partial charge in [0.1, 0.15) is 12.4 Å². The van der Waals surface area contributed by atoms with Crippen molar-refractivity contribution < 1.29 is 14.6 Å². The molecule has 19 heavy (non-hydrogen) atoms. The fourth-order valence-corrected chi connectivity index (χ4v) is 1.42. The van der Waals surface area contributed by atoms with Gasteiger partial charge in [-0.2, -0.15) is 0 Å². The molecule has 0 saturated heterocycles. The van der Waals surface area contributed by atoms with E-state index in [9.17, 15) is 9.90 Å². The van der Waals surface area contributed by atoms with Crippen LogP contribution in [0.25, 0.3) is 0 Å². The monoisotopic (exact) mass is 262 g/mol. The fourth-order valence-electron chi connectivity index (χ4n) is 1.42. The number of rotatable bonds is 6. The first-order valence-corrected chi connectivity index (χ1v) is 5.77. The largest absolute Gasteiger partial charge is 0.511 e. The van der Waals surface area contributed by atoms with Gasteiger partial charge in [0, 0.05) is 12.1 Å². The summed E-state index contributed by atoms with van der Waals surface area (Å²) in [7, 11) is 0. The third-order valence-corrected chi connectivity index (χ3v) is 2.37. The molecule has 0 fully saturated rings. The lowest BCUT2D eigenvalue weighted by Crippen LogP contribution is -2.37. The van der Waals surface area contributed by atoms with Crippen molar-refractivity contribution in [1.29, 1.82) is 0 Å². The Labute approximate surface area is 112 Å². The summed E-state index contributed by atoms with van der Waals surface area (Å²) in [6.45, 7) is 7.03. The molecule has 0 saturated carbocycles. The van der Waals surface area contributed by atoms with Crippen molar-refractivity contribution in [3.8, 4) is 0 Å². The molecule has 5 nitrogen and oxygen atoms in total. The van der Waals surface area contributed by atoms with E-state index in [0.29, 0.717) is 5.70 Å². The van der Waals surface area contributed by atoms with Crippen molar-refractivity contribution >= 4 is 6.09 Å². The van der Waals surface area contributed by atoms with E-state index < -0.39 is 12.1 Å². The maximum absolute atomic E-state index is 11.6. The van der Waals surface area contributed by atoms with Crippen molar-refractivity contribution in [3.63, 3.8) is 0 Å². The fraction of sp³-hybridized carbons (Fsp3) is 0.214. The number of aliphatic hydroxyl groups is 1. The van der Waals surface area contributed by atoms with Crippen LogP contribution in [0, 0.1) is 0 Å². The molecule has 1 unspecified atom stereocenters. The van der Waals surface area contributed by atoms with Crippen LogP contribution in [0.15, 0.2) is 54.9 Å². The van der Waals surface area contributed by atoms with Gasteiger partial charge >= 0.3 is 6.09 Å². The third kappa shape index (κ3) is 5.63. The van der Waals surface area contributed by atoms with Crippen LogP contribution in [0.4, 0.5) is 4.79 Å². The number of benzene rings is 1. The highest BCUT2D eigenvalue weighted by atomic mass is 16.5. The van der Waals surface area contributed by atoms with Crippen LogP contribution in [-0.2, 0) is 11.3 Å². The zero-order valence-corrected chi connectivity index (χ0v) is 10.6. The van der Waals surface area contributed by atoms with Crippen LogP contribution < -0.4 is 11.1 Å². The SMILES string of the molecule is C=C(N)CC(NC(=O)OCc1ccccc1)C(=C)O. The first-order chi connectivity index (χ1) is 8.99. The summed E-state index contributed by atoms with van der Waals surface area (Å²) < 4.78 is 5.02. The molecule has 1 aromatic rings. The number of ether oxygens (including phenoxy) is 1. The minimum absolute atomic E-state index is 0.154. The average Bonchev–Trinajstić information content (AvgIpc) is 2.36. The van der Waals surface area contributed by atoms with Gasteiger partial charge in [-0.05, 0) is 5.56 Å². The van der Waals surface area contributed by atoms with Crippen LogP contribution >= 0.6 is 0 Å². The summed E-state index contributed by atoms with van der Waals surface area (Å²) in [4.78, 5) is 11.6. The van der Waals surface area contributed by atoms with Crippen molar-refractivity contribution in [2.45, 2.75) is 19.1 Å². The molecule has 0 heterocycles. The van der Waals surface area contributed by atoms with E-state index in [2.05, 4.69) is 18.5 Å². The first-order valence-electron chi connectivity index (χ1n) is 5.77. The minimum atomic E-state index is -0.694. The van der Waals surface area contributed by atoms with E-state index in [1.165, 1.54) is 0 Å². The van der Waals surface area contributed by atoms with Gasteiger partial charge in [-0.3, -0.25) is 0 Å². The summed E-state index contributed by atoms with van der Waals surface area (Å²) in [6, 6.07) is 8.58. The molecule has 5 heteroatoms.